The monoisotopic (exact) mass is 193 g/mol. The molecule has 0 saturated carbocycles. The molecule has 3 N–H and O–H groups in total. The van der Waals surface area contributed by atoms with Gasteiger partial charge in [-0.25, -0.2) is 4.98 Å². The molecule has 1 rings (SSSR count). The molecular weight excluding hydrogens is 174 g/mol. The van der Waals surface area contributed by atoms with Gasteiger partial charge in [0.1, 0.15) is 5.82 Å². The molecule has 1 aromatic heterocycles. The summed E-state index contributed by atoms with van der Waals surface area (Å²) < 4.78 is 0. The molecule has 0 fully saturated rings. The fraction of sp³-hybridized carbons (Fsp3) is 0.545. The molecule has 0 aliphatic heterocycles. The minimum atomic E-state index is 0.484. The molecule has 0 bridgehead atoms. The molecule has 14 heavy (non-hydrogen) atoms. The summed E-state index contributed by atoms with van der Waals surface area (Å²) in [5.74, 6) is 0.813. The summed E-state index contributed by atoms with van der Waals surface area (Å²) in [4.78, 5) is 4.21. The third-order valence-electron chi connectivity index (χ3n) is 2.31. The van der Waals surface area contributed by atoms with Gasteiger partial charge in [-0.1, -0.05) is 20.3 Å². The Morgan fingerprint density at radius 1 is 1.50 bits per heavy atom. The van der Waals surface area contributed by atoms with E-state index in [9.17, 15) is 0 Å². The number of hydrogen-bond acceptors (Lipinski definition) is 3. The zero-order valence-electron chi connectivity index (χ0n) is 8.96. The van der Waals surface area contributed by atoms with E-state index in [-0.39, 0.29) is 0 Å². The van der Waals surface area contributed by atoms with Crippen molar-refractivity contribution in [2.45, 2.75) is 39.2 Å². The molecule has 0 aromatic carbocycles. The molecule has 0 aliphatic carbocycles. The molecule has 78 valence electrons. The van der Waals surface area contributed by atoms with Crippen molar-refractivity contribution in [3.63, 3.8) is 0 Å². The van der Waals surface area contributed by atoms with E-state index in [4.69, 9.17) is 5.73 Å². The Hall–Kier alpha value is -1.25. The number of nitrogens with one attached hydrogen (secondary N) is 1. The van der Waals surface area contributed by atoms with Crippen molar-refractivity contribution in [3.05, 3.63) is 18.3 Å². The van der Waals surface area contributed by atoms with Crippen LogP contribution in [0.3, 0.4) is 0 Å². The zero-order chi connectivity index (χ0) is 10.4. The fourth-order valence-corrected chi connectivity index (χ4v) is 1.46. The van der Waals surface area contributed by atoms with E-state index in [0.717, 1.165) is 24.3 Å². The second-order valence-corrected chi connectivity index (χ2v) is 3.48. The molecule has 0 spiro atoms. The number of anilines is 2. The van der Waals surface area contributed by atoms with Gasteiger partial charge in [-0.05, 0) is 25.0 Å². The molecule has 3 nitrogen and oxygen atoms in total. The van der Waals surface area contributed by atoms with Crippen LogP contribution in [-0.2, 0) is 0 Å². The normalized spacial score (nSPS) is 12.4. The van der Waals surface area contributed by atoms with E-state index in [1.54, 1.807) is 6.20 Å². The van der Waals surface area contributed by atoms with Gasteiger partial charge in [-0.3, -0.25) is 0 Å². The molecular formula is C11H19N3. The lowest BCUT2D eigenvalue weighted by atomic mass is 10.1. The van der Waals surface area contributed by atoms with E-state index in [0.29, 0.717) is 6.04 Å². The smallest absolute Gasteiger partial charge is 0.149 e. The van der Waals surface area contributed by atoms with Crippen LogP contribution in [0.15, 0.2) is 18.3 Å². The van der Waals surface area contributed by atoms with Crippen LogP contribution in [0, 0.1) is 0 Å². The quantitative estimate of drug-likeness (QED) is 0.755. The van der Waals surface area contributed by atoms with Crippen LogP contribution in [0.25, 0.3) is 0 Å². The van der Waals surface area contributed by atoms with Crippen molar-refractivity contribution < 1.29 is 0 Å². The highest BCUT2D eigenvalue weighted by Crippen LogP contribution is 2.16. The Labute approximate surface area is 85.7 Å². The molecule has 0 aliphatic rings. The first-order valence-electron chi connectivity index (χ1n) is 5.25. The third-order valence-corrected chi connectivity index (χ3v) is 2.31. The molecule has 3 heteroatoms. The van der Waals surface area contributed by atoms with E-state index in [1.165, 1.54) is 6.42 Å². The predicted octanol–water partition coefficient (Wildman–Crippen LogP) is 2.65. The van der Waals surface area contributed by atoms with E-state index >= 15 is 0 Å². The maximum atomic E-state index is 5.79. The lowest BCUT2D eigenvalue weighted by Crippen LogP contribution is -2.19. The van der Waals surface area contributed by atoms with Crippen molar-refractivity contribution in [3.8, 4) is 0 Å². The Kier molecular flexibility index (Phi) is 4.23. The van der Waals surface area contributed by atoms with Crippen molar-refractivity contribution in [1.82, 2.24) is 4.98 Å². The Balaban J connectivity index is 2.62. The first-order valence-corrected chi connectivity index (χ1v) is 5.25. The summed E-state index contributed by atoms with van der Waals surface area (Å²) in [7, 11) is 0. The highest BCUT2D eigenvalue weighted by atomic mass is 15.0. The first kappa shape index (κ1) is 10.8. The number of hydrogen-bond donors (Lipinski definition) is 2. The summed E-state index contributed by atoms with van der Waals surface area (Å²) in [6.45, 7) is 4.36. The average molecular weight is 193 g/mol. The van der Waals surface area contributed by atoms with Gasteiger partial charge in [0.2, 0.25) is 0 Å². The molecule has 0 saturated heterocycles. The van der Waals surface area contributed by atoms with Crippen LogP contribution in [0.5, 0.6) is 0 Å². The number of nitrogens with two attached hydrogens (primary N) is 1. The van der Waals surface area contributed by atoms with Gasteiger partial charge in [0.05, 0.1) is 5.69 Å². The first-order chi connectivity index (χ1) is 6.77. The van der Waals surface area contributed by atoms with Crippen LogP contribution in [-0.4, -0.2) is 11.0 Å². The molecule has 1 heterocycles. The number of nitrogen functional groups attached to an aromatic ring is 1. The maximum Gasteiger partial charge on any atom is 0.149 e. The van der Waals surface area contributed by atoms with Gasteiger partial charge in [0, 0.05) is 12.2 Å². The lowest BCUT2D eigenvalue weighted by molar-refractivity contribution is 0.621. The number of aromatic nitrogens is 1. The van der Waals surface area contributed by atoms with Crippen LogP contribution >= 0.6 is 0 Å². The minimum absolute atomic E-state index is 0.484. The van der Waals surface area contributed by atoms with Crippen LogP contribution < -0.4 is 11.1 Å². The van der Waals surface area contributed by atoms with Crippen LogP contribution in [0.4, 0.5) is 11.5 Å². The second kappa shape index (κ2) is 5.47. The summed E-state index contributed by atoms with van der Waals surface area (Å²) in [5.41, 5.74) is 6.52. The molecule has 1 aromatic rings. The average Bonchev–Trinajstić information content (AvgIpc) is 2.20. The van der Waals surface area contributed by atoms with Gasteiger partial charge < -0.3 is 11.1 Å². The van der Waals surface area contributed by atoms with Crippen molar-refractivity contribution in [1.29, 1.82) is 0 Å². The van der Waals surface area contributed by atoms with Gasteiger partial charge in [-0.2, -0.15) is 0 Å². The summed E-state index contributed by atoms with van der Waals surface area (Å²) in [5, 5.41) is 3.36. The van der Waals surface area contributed by atoms with E-state index in [1.807, 2.05) is 12.1 Å². The third kappa shape index (κ3) is 2.91. The van der Waals surface area contributed by atoms with E-state index in [2.05, 4.69) is 24.1 Å². The number of pyridine rings is 1. The number of nitrogens with zero attached hydrogens (tertiary/aromatic N) is 1. The highest BCUT2D eigenvalue weighted by Gasteiger charge is 2.06. The highest BCUT2D eigenvalue weighted by molar-refractivity contribution is 5.60. The predicted molar refractivity (Wildman–Crippen MR) is 61.3 cm³/mol. The van der Waals surface area contributed by atoms with Crippen molar-refractivity contribution in [2.75, 3.05) is 11.1 Å². The van der Waals surface area contributed by atoms with Gasteiger partial charge in [0.15, 0.2) is 0 Å². The molecule has 0 amide bonds. The van der Waals surface area contributed by atoms with Crippen LogP contribution in [0.1, 0.15) is 33.1 Å². The largest absolute Gasteiger partial charge is 0.396 e. The molecule has 0 radical (unpaired) electrons. The summed E-state index contributed by atoms with van der Waals surface area (Å²) in [6.07, 6.45) is 5.20. The summed E-state index contributed by atoms with van der Waals surface area (Å²) >= 11 is 0. The fourth-order valence-electron chi connectivity index (χ4n) is 1.46. The summed E-state index contributed by atoms with van der Waals surface area (Å²) in [6, 6.07) is 4.20. The van der Waals surface area contributed by atoms with Gasteiger partial charge >= 0.3 is 0 Å². The van der Waals surface area contributed by atoms with Crippen molar-refractivity contribution in [2.24, 2.45) is 0 Å². The Morgan fingerprint density at radius 2 is 2.29 bits per heavy atom. The number of rotatable bonds is 5. The lowest BCUT2D eigenvalue weighted by Gasteiger charge is -2.17. The van der Waals surface area contributed by atoms with Crippen molar-refractivity contribution >= 4 is 11.5 Å². The molecule has 1 unspecified atom stereocenters. The van der Waals surface area contributed by atoms with Crippen LogP contribution in [0.2, 0.25) is 0 Å². The van der Waals surface area contributed by atoms with E-state index < -0.39 is 0 Å². The van der Waals surface area contributed by atoms with Gasteiger partial charge in [0.25, 0.3) is 0 Å². The standard InChI is InChI=1S/C11H19N3/c1-3-6-9(4-2)14-11-10(12)7-5-8-13-11/h5,7-9H,3-4,6,12H2,1-2H3,(H,13,14). The minimum Gasteiger partial charge on any atom is -0.396 e. The SMILES string of the molecule is CCCC(CC)Nc1ncccc1N. The Morgan fingerprint density at radius 3 is 2.86 bits per heavy atom. The maximum absolute atomic E-state index is 5.79. The topological polar surface area (TPSA) is 50.9 Å². The Bertz CT molecular complexity index is 273. The zero-order valence-corrected chi connectivity index (χ0v) is 8.96. The second-order valence-electron chi connectivity index (χ2n) is 3.48. The molecule has 1 atom stereocenters. The van der Waals surface area contributed by atoms with Gasteiger partial charge in [-0.15, -0.1) is 0 Å².